The number of benzene rings is 2. The molecule has 1 heterocycles. The summed E-state index contributed by atoms with van der Waals surface area (Å²) in [4.78, 5) is 15.0. The van der Waals surface area contributed by atoms with Crippen molar-refractivity contribution in [3.8, 4) is 11.1 Å². The molecule has 1 saturated heterocycles. The fourth-order valence-electron chi connectivity index (χ4n) is 3.50. The number of hydrogen-bond acceptors (Lipinski definition) is 2. The molecule has 1 fully saturated rings. The van der Waals surface area contributed by atoms with Gasteiger partial charge in [0, 0.05) is 29.2 Å². The summed E-state index contributed by atoms with van der Waals surface area (Å²) in [6.07, 6.45) is 4.59. The summed E-state index contributed by atoms with van der Waals surface area (Å²) in [7, 11) is 0. The Kier molecular flexibility index (Phi) is 6.86. The number of likely N-dealkylation sites (tertiary alicyclic amines) is 1. The number of nitrogens with zero attached hydrogens (tertiary/aromatic N) is 1. The van der Waals surface area contributed by atoms with Gasteiger partial charge in [-0.1, -0.05) is 53.5 Å². The van der Waals surface area contributed by atoms with Gasteiger partial charge in [-0.15, -0.1) is 0 Å². The molecule has 2 aromatic carbocycles. The first-order valence-corrected chi connectivity index (χ1v) is 10.4. The van der Waals surface area contributed by atoms with Gasteiger partial charge in [-0.25, -0.2) is 0 Å². The van der Waals surface area contributed by atoms with E-state index >= 15 is 0 Å². The van der Waals surface area contributed by atoms with Crippen molar-refractivity contribution in [2.45, 2.75) is 38.6 Å². The third kappa shape index (κ3) is 4.74. The molecule has 0 saturated carbocycles. The second-order valence-electron chi connectivity index (χ2n) is 6.94. The summed E-state index contributed by atoms with van der Waals surface area (Å²) >= 11 is 3.46. The van der Waals surface area contributed by atoms with Gasteiger partial charge in [0.2, 0.25) is 0 Å². The summed E-state index contributed by atoms with van der Waals surface area (Å²) < 4.78 is 1.07. The van der Waals surface area contributed by atoms with Crippen molar-refractivity contribution < 1.29 is 4.79 Å². The molecule has 0 bridgehead atoms. The lowest BCUT2D eigenvalue weighted by Gasteiger charge is -2.25. The molecule has 0 aliphatic carbocycles. The predicted octanol–water partition coefficient (Wildman–Crippen LogP) is 5.11. The molecule has 0 spiro atoms. The number of unbranched alkanes of at least 4 members (excludes halogenated alkanes) is 1. The van der Waals surface area contributed by atoms with Crippen LogP contribution in [0.15, 0.2) is 53.0 Å². The lowest BCUT2D eigenvalue weighted by Crippen LogP contribution is -2.41. The topological polar surface area (TPSA) is 32.3 Å². The summed E-state index contributed by atoms with van der Waals surface area (Å²) in [5.41, 5.74) is 3.07. The predicted molar refractivity (Wildman–Crippen MR) is 111 cm³/mol. The minimum absolute atomic E-state index is 0.159. The first kappa shape index (κ1) is 19.1. The Morgan fingerprint density at radius 2 is 1.77 bits per heavy atom. The summed E-state index contributed by atoms with van der Waals surface area (Å²) in [5.74, 6) is 0.159. The molecule has 26 heavy (non-hydrogen) atoms. The Morgan fingerprint density at radius 3 is 2.42 bits per heavy atom. The molecule has 1 aliphatic heterocycles. The highest BCUT2D eigenvalue weighted by Gasteiger charge is 2.28. The molecule has 1 atom stereocenters. The van der Waals surface area contributed by atoms with Gasteiger partial charge in [0.25, 0.3) is 5.91 Å². The molecular weight excluding hydrogens is 388 g/mol. The Bertz CT molecular complexity index is 712. The number of amides is 1. The minimum Gasteiger partial charge on any atom is -0.334 e. The van der Waals surface area contributed by atoms with E-state index < -0.39 is 0 Å². The molecule has 3 nitrogen and oxygen atoms in total. The van der Waals surface area contributed by atoms with E-state index in [1.807, 2.05) is 41.3 Å². The lowest BCUT2D eigenvalue weighted by atomic mass is 10.0. The quantitative estimate of drug-likeness (QED) is 0.638. The number of rotatable bonds is 7. The number of halogens is 1. The molecule has 1 aliphatic rings. The van der Waals surface area contributed by atoms with E-state index in [1.54, 1.807) is 0 Å². The highest BCUT2D eigenvalue weighted by molar-refractivity contribution is 9.10. The van der Waals surface area contributed by atoms with Crippen molar-refractivity contribution in [3.05, 3.63) is 58.6 Å². The Labute approximate surface area is 164 Å². The van der Waals surface area contributed by atoms with E-state index in [9.17, 15) is 4.79 Å². The third-order valence-corrected chi connectivity index (χ3v) is 5.56. The van der Waals surface area contributed by atoms with Gasteiger partial charge in [0.1, 0.15) is 0 Å². The van der Waals surface area contributed by atoms with Crippen molar-refractivity contribution >= 4 is 21.8 Å². The van der Waals surface area contributed by atoms with E-state index in [-0.39, 0.29) is 5.91 Å². The molecular formula is C22H27BrN2O. The Balaban J connectivity index is 1.64. The van der Waals surface area contributed by atoms with Gasteiger partial charge in [-0.2, -0.15) is 0 Å². The molecule has 1 amide bonds. The smallest absolute Gasteiger partial charge is 0.254 e. The van der Waals surface area contributed by atoms with Crippen LogP contribution in [0.25, 0.3) is 11.1 Å². The molecule has 1 N–H and O–H groups in total. The maximum atomic E-state index is 12.9. The zero-order chi connectivity index (χ0) is 18.4. The molecule has 2 aromatic rings. The van der Waals surface area contributed by atoms with Crippen molar-refractivity contribution in [2.75, 3.05) is 19.6 Å². The van der Waals surface area contributed by atoms with Crippen LogP contribution in [0.3, 0.4) is 0 Å². The van der Waals surface area contributed by atoms with Gasteiger partial charge in [0.05, 0.1) is 0 Å². The van der Waals surface area contributed by atoms with Gasteiger partial charge >= 0.3 is 0 Å². The fraction of sp³-hybridized carbons (Fsp3) is 0.409. The average molecular weight is 415 g/mol. The van der Waals surface area contributed by atoms with Gasteiger partial charge in [-0.05, 0) is 61.2 Å². The van der Waals surface area contributed by atoms with Crippen LogP contribution in [-0.4, -0.2) is 36.5 Å². The highest BCUT2D eigenvalue weighted by atomic mass is 79.9. The maximum absolute atomic E-state index is 12.9. The van der Waals surface area contributed by atoms with Crippen LogP contribution in [0, 0.1) is 0 Å². The zero-order valence-electron chi connectivity index (χ0n) is 15.4. The molecule has 138 valence electrons. The first-order chi connectivity index (χ1) is 12.7. The SMILES string of the molecule is CCCCNCC1CCCN1C(=O)c1ccc(-c2ccc(Br)cc2)cc1. The minimum atomic E-state index is 0.159. The molecule has 4 heteroatoms. The van der Waals surface area contributed by atoms with Crippen LogP contribution in [0.2, 0.25) is 0 Å². The van der Waals surface area contributed by atoms with E-state index in [0.717, 1.165) is 53.6 Å². The fourth-order valence-corrected chi connectivity index (χ4v) is 3.76. The summed E-state index contributed by atoms with van der Waals surface area (Å²) in [6, 6.07) is 16.6. The lowest BCUT2D eigenvalue weighted by molar-refractivity contribution is 0.0736. The standard InChI is InChI=1S/C22H27BrN2O/c1-2-3-14-24-16-21-5-4-15-25(21)22(26)19-8-6-17(7-9-19)18-10-12-20(23)13-11-18/h6-13,21,24H,2-5,14-16H2,1H3. The monoisotopic (exact) mass is 414 g/mol. The van der Waals surface area contributed by atoms with Crippen LogP contribution in [0.4, 0.5) is 0 Å². The van der Waals surface area contributed by atoms with E-state index in [4.69, 9.17) is 0 Å². The number of hydrogen-bond donors (Lipinski definition) is 1. The number of carbonyl (C=O) groups is 1. The molecule has 1 unspecified atom stereocenters. The average Bonchev–Trinajstić information content (AvgIpc) is 3.14. The van der Waals surface area contributed by atoms with Crippen LogP contribution in [0.5, 0.6) is 0 Å². The van der Waals surface area contributed by atoms with E-state index in [1.165, 1.54) is 12.8 Å². The van der Waals surface area contributed by atoms with Crippen LogP contribution in [0.1, 0.15) is 43.0 Å². The normalized spacial score (nSPS) is 16.8. The van der Waals surface area contributed by atoms with Crippen LogP contribution >= 0.6 is 15.9 Å². The van der Waals surface area contributed by atoms with Crippen molar-refractivity contribution in [2.24, 2.45) is 0 Å². The number of carbonyl (C=O) groups excluding carboxylic acids is 1. The number of nitrogens with one attached hydrogen (secondary N) is 1. The largest absolute Gasteiger partial charge is 0.334 e. The second-order valence-corrected chi connectivity index (χ2v) is 7.85. The Morgan fingerprint density at radius 1 is 1.12 bits per heavy atom. The van der Waals surface area contributed by atoms with Crippen molar-refractivity contribution in [3.63, 3.8) is 0 Å². The maximum Gasteiger partial charge on any atom is 0.254 e. The van der Waals surface area contributed by atoms with Crippen LogP contribution in [-0.2, 0) is 0 Å². The van der Waals surface area contributed by atoms with E-state index in [2.05, 4.69) is 40.3 Å². The van der Waals surface area contributed by atoms with Gasteiger partial charge in [-0.3, -0.25) is 4.79 Å². The Hall–Kier alpha value is -1.65. The molecule has 3 rings (SSSR count). The molecule has 0 radical (unpaired) electrons. The van der Waals surface area contributed by atoms with Gasteiger partial charge in [0.15, 0.2) is 0 Å². The third-order valence-electron chi connectivity index (χ3n) is 5.03. The van der Waals surface area contributed by atoms with Crippen LogP contribution < -0.4 is 5.32 Å². The van der Waals surface area contributed by atoms with E-state index in [0.29, 0.717) is 6.04 Å². The van der Waals surface area contributed by atoms with Crippen molar-refractivity contribution in [1.82, 2.24) is 10.2 Å². The van der Waals surface area contributed by atoms with Crippen molar-refractivity contribution in [1.29, 1.82) is 0 Å². The zero-order valence-corrected chi connectivity index (χ0v) is 17.0. The van der Waals surface area contributed by atoms with Gasteiger partial charge < -0.3 is 10.2 Å². The summed E-state index contributed by atoms with van der Waals surface area (Å²) in [5, 5.41) is 3.50. The highest BCUT2D eigenvalue weighted by Crippen LogP contribution is 2.24. The summed E-state index contributed by atoms with van der Waals surface area (Å²) in [6.45, 7) is 5.01. The molecule has 0 aromatic heterocycles. The second kappa shape index (κ2) is 9.33. The first-order valence-electron chi connectivity index (χ1n) is 9.56.